The van der Waals surface area contributed by atoms with Gasteiger partial charge >= 0.3 is 0 Å². The highest BCUT2D eigenvalue weighted by Crippen LogP contribution is 2.25. The van der Waals surface area contributed by atoms with Crippen LogP contribution >= 0.6 is 0 Å². The summed E-state index contributed by atoms with van der Waals surface area (Å²) >= 11 is 0. The average Bonchev–Trinajstić information content (AvgIpc) is 2.49. The molecule has 1 aliphatic rings. The second-order valence-corrected chi connectivity index (χ2v) is 5.61. The Bertz CT molecular complexity index is 413. The van der Waals surface area contributed by atoms with Crippen LogP contribution in [0.3, 0.4) is 0 Å². The lowest BCUT2D eigenvalue weighted by Crippen LogP contribution is -2.37. The molecule has 0 spiro atoms. The molecule has 118 valence electrons. The van der Waals surface area contributed by atoms with Crippen LogP contribution in [0.2, 0.25) is 0 Å². The molecule has 4 nitrogen and oxygen atoms in total. The van der Waals surface area contributed by atoms with Gasteiger partial charge in [0.15, 0.2) is 0 Å². The SMILES string of the molecule is CCCCOc1cccc(OCCC2(O)CCOCC2)c1. The van der Waals surface area contributed by atoms with Gasteiger partial charge < -0.3 is 19.3 Å². The number of ether oxygens (including phenoxy) is 3. The van der Waals surface area contributed by atoms with Crippen molar-refractivity contribution in [3.63, 3.8) is 0 Å². The van der Waals surface area contributed by atoms with Gasteiger partial charge in [-0.15, -0.1) is 0 Å². The van der Waals surface area contributed by atoms with Gasteiger partial charge in [0, 0.05) is 25.7 Å². The van der Waals surface area contributed by atoms with Crippen LogP contribution in [0.5, 0.6) is 11.5 Å². The van der Waals surface area contributed by atoms with Crippen molar-refractivity contribution < 1.29 is 19.3 Å². The maximum atomic E-state index is 10.4. The first-order valence-electron chi connectivity index (χ1n) is 7.88. The Morgan fingerprint density at radius 3 is 2.48 bits per heavy atom. The zero-order valence-electron chi connectivity index (χ0n) is 12.8. The lowest BCUT2D eigenvalue weighted by atomic mass is 9.91. The van der Waals surface area contributed by atoms with Crippen LogP contribution in [-0.4, -0.2) is 37.1 Å². The molecule has 1 aromatic rings. The summed E-state index contributed by atoms with van der Waals surface area (Å²) in [5.41, 5.74) is -0.631. The van der Waals surface area contributed by atoms with Gasteiger partial charge in [0.25, 0.3) is 0 Å². The van der Waals surface area contributed by atoms with Crippen molar-refractivity contribution in [2.45, 2.75) is 44.6 Å². The van der Waals surface area contributed by atoms with Crippen LogP contribution < -0.4 is 9.47 Å². The van der Waals surface area contributed by atoms with E-state index in [-0.39, 0.29) is 0 Å². The molecule has 2 rings (SSSR count). The minimum Gasteiger partial charge on any atom is -0.493 e. The molecule has 0 radical (unpaired) electrons. The van der Waals surface area contributed by atoms with E-state index >= 15 is 0 Å². The van der Waals surface area contributed by atoms with E-state index in [1.165, 1.54) is 0 Å². The number of hydrogen-bond donors (Lipinski definition) is 1. The minimum absolute atomic E-state index is 0.509. The van der Waals surface area contributed by atoms with E-state index in [2.05, 4.69) is 6.92 Å². The first-order valence-corrected chi connectivity index (χ1v) is 7.88. The third kappa shape index (κ3) is 5.56. The molecule has 0 unspecified atom stereocenters. The van der Waals surface area contributed by atoms with Crippen LogP contribution in [0.4, 0.5) is 0 Å². The molecule has 0 amide bonds. The minimum atomic E-state index is -0.631. The van der Waals surface area contributed by atoms with Gasteiger partial charge in [0.1, 0.15) is 11.5 Å². The number of unbranched alkanes of at least 4 members (excludes halogenated alkanes) is 1. The molecule has 1 saturated heterocycles. The monoisotopic (exact) mass is 294 g/mol. The van der Waals surface area contributed by atoms with Gasteiger partial charge in [-0.2, -0.15) is 0 Å². The predicted molar refractivity (Wildman–Crippen MR) is 82.0 cm³/mol. The van der Waals surface area contributed by atoms with Crippen LogP contribution in [0.25, 0.3) is 0 Å². The molecule has 1 aromatic carbocycles. The molecular formula is C17H26O4. The lowest BCUT2D eigenvalue weighted by molar-refractivity contribution is -0.0729. The Kier molecular flexibility index (Phi) is 6.33. The molecule has 0 saturated carbocycles. The van der Waals surface area contributed by atoms with Crippen molar-refractivity contribution in [3.8, 4) is 11.5 Å². The zero-order valence-corrected chi connectivity index (χ0v) is 12.8. The van der Waals surface area contributed by atoms with Gasteiger partial charge in [-0.05, 0) is 31.4 Å². The first kappa shape index (κ1) is 16.1. The molecular weight excluding hydrogens is 268 g/mol. The predicted octanol–water partition coefficient (Wildman–Crippen LogP) is 3.18. The fraction of sp³-hybridized carbons (Fsp3) is 0.647. The third-order valence-electron chi connectivity index (χ3n) is 3.83. The maximum Gasteiger partial charge on any atom is 0.122 e. The Morgan fingerprint density at radius 1 is 1.14 bits per heavy atom. The summed E-state index contributed by atoms with van der Waals surface area (Å²) in [6, 6.07) is 7.69. The highest BCUT2D eigenvalue weighted by molar-refractivity contribution is 5.32. The zero-order chi connectivity index (χ0) is 15.0. The third-order valence-corrected chi connectivity index (χ3v) is 3.83. The summed E-state index contributed by atoms with van der Waals surface area (Å²) < 4.78 is 16.7. The second-order valence-electron chi connectivity index (χ2n) is 5.61. The molecule has 1 N–H and O–H groups in total. The second kappa shape index (κ2) is 8.25. The highest BCUT2D eigenvalue weighted by atomic mass is 16.5. The van der Waals surface area contributed by atoms with E-state index in [1.807, 2.05) is 24.3 Å². The lowest BCUT2D eigenvalue weighted by Gasteiger charge is -2.31. The van der Waals surface area contributed by atoms with Crippen molar-refractivity contribution in [1.82, 2.24) is 0 Å². The molecule has 0 atom stereocenters. The Labute approximate surface area is 127 Å². The maximum absolute atomic E-state index is 10.4. The summed E-state index contributed by atoms with van der Waals surface area (Å²) in [5, 5.41) is 10.4. The molecule has 0 bridgehead atoms. The Balaban J connectivity index is 1.76. The fourth-order valence-electron chi connectivity index (χ4n) is 2.35. The molecule has 21 heavy (non-hydrogen) atoms. The quantitative estimate of drug-likeness (QED) is 0.748. The smallest absolute Gasteiger partial charge is 0.122 e. The van der Waals surface area contributed by atoms with Gasteiger partial charge in [0.05, 0.1) is 18.8 Å². The molecule has 4 heteroatoms. The number of aliphatic hydroxyl groups is 1. The van der Waals surface area contributed by atoms with Gasteiger partial charge in [-0.3, -0.25) is 0 Å². The fourth-order valence-corrected chi connectivity index (χ4v) is 2.35. The van der Waals surface area contributed by atoms with Crippen LogP contribution in [0, 0.1) is 0 Å². The molecule has 0 aliphatic carbocycles. The summed E-state index contributed by atoms with van der Waals surface area (Å²) in [5.74, 6) is 1.63. The molecule has 1 aliphatic heterocycles. The van der Waals surface area contributed by atoms with Gasteiger partial charge in [-0.1, -0.05) is 19.4 Å². The van der Waals surface area contributed by atoms with E-state index in [4.69, 9.17) is 14.2 Å². The summed E-state index contributed by atoms with van der Waals surface area (Å²) in [4.78, 5) is 0. The van der Waals surface area contributed by atoms with Gasteiger partial charge in [0.2, 0.25) is 0 Å². The van der Waals surface area contributed by atoms with Gasteiger partial charge in [-0.25, -0.2) is 0 Å². The number of hydrogen-bond acceptors (Lipinski definition) is 4. The molecule has 1 heterocycles. The van der Waals surface area contributed by atoms with E-state index in [9.17, 15) is 5.11 Å². The summed E-state index contributed by atoms with van der Waals surface area (Å²) in [6.45, 7) is 4.66. The number of benzene rings is 1. The largest absolute Gasteiger partial charge is 0.493 e. The topological polar surface area (TPSA) is 47.9 Å². The summed E-state index contributed by atoms with van der Waals surface area (Å²) in [6.07, 6.45) is 4.20. The van der Waals surface area contributed by atoms with Crippen molar-refractivity contribution in [2.24, 2.45) is 0 Å². The van der Waals surface area contributed by atoms with Crippen molar-refractivity contribution in [2.75, 3.05) is 26.4 Å². The van der Waals surface area contributed by atoms with E-state index in [1.54, 1.807) is 0 Å². The highest BCUT2D eigenvalue weighted by Gasteiger charge is 2.29. The molecule has 1 fully saturated rings. The number of rotatable bonds is 8. The van der Waals surface area contributed by atoms with Crippen LogP contribution in [0.15, 0.2) is 24.3 Å². The van der Waals surface area contributed by atoms with Crippen LogP contribution in [0.1, 0.15) is 39.0 Å². The van der Waals surface area contributed by atoms with E-state index in [0.717, 1.165) is 30.9 Å². The van der Waals surface area contributed by atoms with Crippen molar-refractivity contribution in [3.05, 3.63) is 24.3 Å². The van der Waals surface area contributed by atoms with Crippen molar-refractivity contribution in [1.29, 1.82) is 0 Å². The van der Waals surface area contributed by atoms with E-state index in [0.29, 0.717) is 39.1 Å². The van der Waals surface area contributed by atoms with E-state index < -0.39 is 5.60 Å². The molecule has 0 aromatic heterocycles. The van der Waals surface area contributed by atoms with Crippen LogP contribution in [-0.2, 0) is 4.74 Å². The normalized spacial score (nSPS) is 17.4. The first-order chi connectivity index (χ1) is 10.2. The van der Waals surface area contributed by atoms with Crippen molar-refractivity contribution >= 4 is 0 Å². The summed E-state index contributed by atoms with van der Waals surface area (Å²) in [7, 11) is 0. The Hall–Kier alpha value is -1.26. The Morgan fingerprint density at radius 2 is 1.81 bits per heavy atom. The average molecular weight is 294 g/mol. The standard InChI is InChI=1S/C17H26O4/c1-2-3-10-20-15-5-4-6-16(14-15)21-13-9-17(18)7-11-19-12-8-17/h4-6,14,18H,2-3,7-13H2,1H3.